The van der Waals surface area contributed by atoms with Crippen LogP contribution in [-0.4, -0.2) is 15.9 Å². The number of nitrogens with zero attached hydrogens (tertiary/aromatic N) is 3. The van der Waals surface area contributed by atoms with Crippen LogP contribution in [0, 0.1) is 25.1 Å². The number of nitroso groups, excluding NO2 is 1. The number of nitro groups is 2. The number of amides is 2. The van der Waals surface area contributed by atoms with Crippen molar-refractivity contribution in [3.8, 4) is 0 Å². The molecule has 2 amide bonds. The minimum atomic E-state index is -0.833. The molecule has 0 unspecified atom stereocenters. The van der Waals surface area contributed by atoms with Crippen molar-refractivity contribution in [3.05, 3.63) is 104 Å². The van der Waals surface area contributed by atoms with Gasteiger partial charge in [-0.1, -0.05) is 42.5 Å². The third kappa shape index (κ3) is 11.7. The summed E-state index contributed by atoms with van der Waals surface area (Å²) >= 11 is 0. The van der Waals surface area contributed by atoms with Crippen molar-refractivity contribution in [1.29, 1.82) is 0 Å². The number of anilines is 2. The van der Waals surface area contributed by atoms with Gasteiger partial charge < -0.3 is 22.9 Å². The van der Waals surface area contributed by atoms with Crippen LogP contribution < -0.4 is 22.9 Å². The average molecular weight is 443 g/mol. The first-order chi connectivity index (χ1) is 15.1. The molecular weight excluding hydrogens is 422 g/mol. The summed E-state index contributed by atoms with van der Waals surface area (Å²) in [7, 11) is 0. The third-order valence-electron chi connectivity index (χ3n) is 3.14. The highest BCUT2D eigenvalue weighted by Crippen LogP contribution is 2.19. The fourth-order valence-electron chi connectivity index (χ4n) is 1.77. The monoisotopic (exact) mass is 443 g/mol. The third-order valence-corrected chi connectivity index (χ3v) is 3.14. The lowest BCUT2D eigenvalue weighted by Gasteiger charge is -1.92. The Kier molecular flexibility index (Phi) is 12.5. The second kappa shape index (κ2) is 14.9. The van der Waals surface area contributed by atoms with E-state index in [-0.39, 0.29) is 17.1 Å². The summed E-state index contributed by atoms with van der Waals surface area (Å²) in [6.45, 7) is 0. The number of carbonyl (C=O) groups excluding carboxylic acids is 1. The number of para-hydroxylation sites is 4. The van der Waals surface area contributed by atoms with E-state index in [1.807, 2.05) is 0 Å². The van der Waals surface area contributed by atoms with Crippen molar-refractivity contribution in [3.63, 3.8) is 0 Å². The van der Waals surface area contributed by atoms with Gasteiger partial charge in [-0.05, 0) is 23.4 Å². The van der Waals surface area contributed by atoms with Gasteiger partial charge in [0.2, 0.25) is 0 Å². The highest BCUT2D eigenvalue weighted by atomic mass is 16.6. The summed E-state index contributed by atoms with van der Waals surface area (Å²) in [6, 6.07) is 19.9. The van der Waals surface area contributed by atoms with Gasteiger partial charge in [-0.3, -0.25) is 20.2 Å². The number of primary amides is 2. The molecule has 3 rings (SSSR count). The van der Waals surface area contributed by atoms with Gasteiger partial charge in [-0.15, -0.1) is 4.91 Å². The molecule has 0 atom stereocenters. The highest BCUT2D eigenvalue weighted by molar-refractivity contribution is 5.69. The first-order valence-electron chi connectivity index (χ1n) is 8.51. The topological polar surface area (TPSA) is 237 Å². The van der Waals surface area contributed by atoms with Crippen molar-refractivity contribution in [1.82, 2.24) is 0 Å². The molecule has 0 aliphatic heterocycles. The standard InChI is InChI=1S/C6H6N2O2.C6H6N2O.C6H5NO2.CH4N2O/c7-5-3-1-2-4-6(5)8(9)10;7-5-3-1-2-4-6(5)8-9;8-7(9)6-4-2-1-3-5-6;2-1(3)4/h1-4H,7H2;1-4H,7H2;1-5H;(H4,2,3,4). The zero-order chi connectivity index (χ0) is 24.5. The summed E-state index contributed by atoms with van der Waals surface area (Å²) < 4.78 is 0. The first-order valence-corrected chi connectivity index (χ1v) is 8.51. The molecule has 13 nitrogen and oxygen atoms in total. The molecule has 0 bridgehead atoms. The summed E-state index contributed by atoms with van der Waals surface area (Å²) in [5.41, 5.74) is 20.1. The van der Waals surface area contributed by atoms with Gasteiger partial charge in [0.1, 0.15) is 11.4 Å². The quantitative estimate of drug-likeness (QED) is 0.202. The Morgan fingerprint density at radius 3 is 1.47 bits per heavy atom. The Morgan fingerprint density at radius 1 is 0.719 bits per heavy atom. The number of benzene rings is 3. The molecule has 0 heterocycles. The molecule has 168 valence electrons. The number of hydrogen-bond donors (Lipinski definition) is 4. The SMILES string of the molecule is NC(N)=O.Nc1ccccc1N=O.Nc1ccccc1[N+](=O)[O-].O=[N+]([O-])c1ccccc1. The molecule has 0 fully saturated rings. The number of nitro benzene ring substituents is 2. The van der Waals surface area contributed by atoms with Gasteiger partial charge in [0.05, 0.1) is 15.5 Å². The molecule has 3 aromatic rings. The van der Waals surface area contributed by atoms with E-state index in [4.69, 9.17) is 16.3 Å². The predicted octanol–water partition coefficient (Wildman–Crippen LogP) is 3.46. The number of hydrogen-bond acceptors (Lipinski definition) is 9. The molecule has 13 heteroatoms. The van der Waals surface area contributed by atoms with Crippen molar-refractivity contribution in [2.45, 2.75) is 0 Å². The molecule has 0 spiro atoms. The van der Waals surface area contributed by atoms with Crippen LogP contribution in [0.25, 0.3) is 0 Å². The number of nitrogens with two attached hydrogens (primary N) is 4. The molecular formula is C19H21N7O6. The molecule has 3 aromatic carbocycles. The van der Waals surface area contributed by atoms with Crippen LogP contribution in [0.15, 0.2) is 84.0 Å². The molecule has 0 aliphatic rings. The van der Waals surface area contributed by atoms with E-state index >= 15 is 0 Å². The van der Waals surface area contributed by atoms with Crippen LogP contribution in [0.1, 0.15) is 0 Å². The molecule has 8 N–H and O–H groups in total. The Morgan fingerprint density at radius 2 is 1.16 bits per heavy atom. The minimum absolute atomic E-state index is 0.0394. The molecule has 0 saturated heterocycles. The van der Waals surface area contributed by atoms with Crippen LogP contribution in [0.3, 0.4) is 0 Å². The fraction of sp³-hybridized carbons (Fsp3) is 0. The van der Waals surface area contributed by atoms with Crippen LogP contribution >= 0.6 is 0 Å². The lowest BCUT2D eigenvalue weighted by atomic mass is 10.3. The number of urea groups is 1. The van der Waals surface area contributed by atoms with E-state index in [2.05, 4.69) is 16.6 Å². The van der Waals surface area contributed by atoms with Gasteiger partial charge in [0.25, 0.3) is 11.4 Å². The molecule has 0 saturated carbocycles. The van der Waals surface area contributed by atoms with E-state index in [0.29, 0.717) is 11.4 Å². The van der Waals surface area contributed by atoms with Gasteiger partial charge in [0.15, 0.2) is 0 Å². The van der Waals surface area contributed by atoms with Crippen LogP contribution in [-0.2, 0) is 0 Å². The van der Waals surface area contributed by atoms with Crippen LogP contribution in [0.4, 0.5) is 33.2 Å². The summed E-state index contributed by atoms with van der Waals surface area (Å²) in [6.07, 6.45) is 0. The molecule has 0 aliphatic carbocycles. The van der Waals surface area contributed by atoms with E-state index in [0.717, 1.165) is 0 Å². The summed E-state index contributed by atoms with van der Waals surface area (Å²) in [5.74, 6) is 0. The number of rotatable bonds is 3. The molecule has 0 radical (unpaired) electrons. The van der Waals surface area contributed by atoms with Gasteiger partial charge in [0, 0.05) is 18.2 Å². The zero-order valence-corrected chi connectivity index (χ0v) is 16.6. The second-order valence-electron chi connectivity index (χ2n) is 5.46. The minimum Gasteiger partial charge on any atom is -0.397 e. The van der Waals surface area contributed by atoms with Gasteiger partial charge in [-0.25, -0.2) is 4.79 Å². The first kappa shape index (κ1) is 26.9. The Balaban J connectivity index is 0.000000417. The average Bonchev–Trinajstić information content (AvgIpc) is 2.75. The molecule has 0 aromatic heterocycles. The molecule has 32 heavy (non-hydrogen) atoms. The van der Waals surface area contributed by atoms with Crippen LogP contribution in [0.5, 0.6) is 0 Å². The maximum Gasteiger partial charge on any atom is 0.309 e. The maximum absolute atomic E-state index is 10.1. The lowest BCUT2D eigenvalue weighted by Crippen LogP contribution is -2.18. The van der Waals surface area contributed by atoms with Crippen LogP contribution in [0.2, 0.25) is 0 Å². The fourth-order valence-corrected chi connectivity index (χ4v) is 1.77. The van der Waals surface area contributed by atoms with Crippen molar-refractivity contribution in [2.75, 3.05) is 11.5 Å². The summed E-state index contributed by atoms with van der Waals surface area (Å²) in [5, 5.41) is 22.8. The number of non-ortho nitro benzene ring substituents is 1. The normalized spacial score (nSPS) is 8.62. The Hall–Kier alpha value is -5.07. The van der Waals surface area contributed by atoms with Gasteiger partial charge >= 0.3 is 6.03 Å². The Bertz CT molecular complexity index is 1030. The number of nitrogen functional groups attached to an aromatic ring is 2. The van der Waals surface area contributed by atoms with E-state index in [1.54, 1.807) is 54.6 Å². The van der Waals surface area contributed by atoms with E-state index in [1.165, 1.54) is 24.3 Å². The largest absolute Gasteiger partial charge is 0.397 e. The van der Waals surface area contributed by atoms with Crippen molar-refractivity contribution >= 4 is 34.5 Å². The van der Waals surface area contributed by atoms with E-state index in [9.17, 15) is 25.1 Å². The maximum atomic E-state index is 10.1. The Labute approximate surface area is 181 Å². The summed E-state index contributed by atoms with van der Waals surface area (Å²) in [4.78, 5) is 38.1. The van der Waals surface area contributed by atoms with Gasteiger partial charge in [-0.2, -0.15) is 0 Å². The van der Waals surface area contributed by atoms with Crippen molar-refractivity contribution in [2.24, 2.45) is 16.6 Å². The van der Waals surface area contributed by atoms with E-state index < -0.39 is 15.9 Å². The lowest BCUT2D eigenvalue weighted by molar-refractivity contribution is -0.384. The smallest absolute Gasteiger partial charge is 0.309 e. The second-order valence-corrected chi connectivity index (χ2v) is 5.46. The predicted molar refractivity (Wildman–Crippen MR) is 121 cm³/mol. The number of carbonyl (C=O) groups is 1. The van der Waals surface area contributed by atoms with Crippen molar-refractivity contribution < 1.29 is 14.6 Å². The zero-order valence-electron chi connectivity index (χ0n) is 16.6. The highest BCUT2D eigenvalue weighted by Gasteiger charge is 2.07.